The number of hydrogen-bond donors (Lipinski definition) is 3. The highest BCUT2D eigenvalue weighted by Crippen LogP contribution is 2.35. The van der Waals surface area contributed by atoms with Crippen LogP contribution in [0.2, 0.25) is 0 Å². The molecule has 37 heavy (non-hydrogen) atoms. The van der Waals surface area contributed by atoms with Gasteiger partial charge in [0.05, 0.1) is 18.3 Å². The van der Waals surface area contributed by atoms with Crippen LogP contribution in [0.1, 0.15) is 36.7 Å². The van der Waals surface area contributed by atoms with Crippen molar-refractivity contribution < 1.29 is 15.0 Å². The molecule has 0 spiro atoms. The fourth-order valence-electron chi connectivity index (χ4n) is 5.05. The number of aliphatic carboxylic acids is 1. The van der Waals surface area contributed by atoms with E-state index in [0.29, 0.717) is 25.0 Å². The van der Waals surface area contributed by atoms with Crippen molar-refractivity contribution in [2.75, 3.05) is 32.7 Å². The van der Waals surface area contributed by atoms with Gasteiger partial charge in [-0.3, -0.25) is 14.6 Å². The molecular weight excluding hydrogens is 484 g/mol. The summed E-state index contributed by atoms with van der Waals surface area (Å²) in [6, 6.07) is 16.9. The maximum absolute atomic E-state index is 10.7. The second kappa shape index (κ2) is 12.5. The van der Waals surface area contributed by atoms with E-state index in [1.165, 1.54) is 5.56 Å². The molecule has 2 heterocycles. The molecule has 2 aromatic carbocycles. The van der Waals surface area contributed by atoms with Crippen LogP contribution < -0.4 is 5.32 Å². The monoisotopic (exact) mass is 520 g/mol. The van der Waals surface area contributed by atoms with Crippen molar-refractivity contribution in [1.82, 2.24) is 20.1 Å². The number of nitrogens with one attached hydrogen (secondary N) is 1. The third-order valence-electron chi connectivity index (χ3n) is 6.90. The van der Waals surface area contributed by atoms with Gasteiger partial charge in [0.1, 0.15) is 10.8 Å². The summed E-state index contributed by atoms with van der Waals surface area (Å²) in [6.45, 7) is 11.8. The number of carbonyl (C=O) groups is 1. The first-order valence-corrected chi connectivity index (χ1v) is 13.6. The molecule has 1 saturated heterocycles. The van der Waals surface area contributed by atoms with Crippen molar-refractivity contribution in [2.24, 2.45) is 0 Å². The number of benzene rings is 2. The number of rotatable bonds is 11. The molecule has 4 rings (SSSR count). The molecule has 3 N–H and O–H groups in total. The molecule has 0 aliphatic carbocycles. The van der Waals surface area contributed by atoms with E-state index in [-0.39, 0.29) is 18.3 Å². The summed E-state index contributed by atoms with van der Waals surface area (Å²) in [5.74, 6) is -0.580. The van der Waals surface area contributed by atoms with Gasteiger partial charge in [-0.2, -0.15) is 0 Å². The van der Waals surface area contributed by atoms with Crippen LogP contribution in [0.5, 0.6) is 5.75 Å². The Labute approximate surface area is 223 Å². The number of hydrogen-bond acceptors (Lipinski definition) is 7. The van der Waals surface area contributed by atoms with Gasteiger partial charge >= 0.3 is 5.97 Å². The van der Waals surface area contributed by atoms with Crippen molar-refractivity contribution >= 4 is 17.3 Å². The number of aromatic hydroxyl groups is 1. The summed E-state index contributed by atoms with van der Waals surface area (Å²) in [6.07, 6.45) is 2.66. The molecule has 7 nitrogen and oxygen atoms in total. The molecule has 3 aromatic rings. The lowest BCUT2D eigenvalue weighted by Crippen LogP contribution is -2.57. The molecule has 1 aromatic heterocycles. The Hall–Kier alpha value is -3.04. The minimum atomic E-state index is -0.856. The first-order chi connectivity index (χ1) is 17.9. The Balaban J connectivity index is 1.55. The van der Waals surface area contributed by atoms with Gasteiger partial charge in [0.2, 0.25) is 0 Å². The highest BCUT2D eigenvalue weighted by molar-refractivity contribution is 7.13. The Bertz CT molecular complexity index is 1200. The minimum absolute atomic E-state index is 0.0247. The normalized spacial score (nSPS) is 19.5. The van der Waals surface area contributed by atoms with E-state index in [2.05, 4.69) is 65.9 Å². The number of aromatic nitrogens is 1. The minimum Gasteiger partial charge on any atom is -0.508 e. The molecule has 0 amide bonds. The molecule has 0 bridgehead atoms. The van der Waals surface area contributed by atoms with E-state index < -0.39 is 5.97 Å². The number of phenols is 1. The van der Waals surface area contributed by atoms with Gasteiger partial charge in [-0.25, -0.2) is 4.98 Å². The third kappa shape index (κ3) is 6.84. The zero-order valence-electron chi connectivity index (χ0n) is 21.5. The molecule has 3 atom stereocenters. The van der Waals surface area contributed by atoms with Crippen molar-refractivity contribution in [1.29, 1.82) is 0 Å². The summed E-state index contributed by atoms with van der Waals surface area (Å²) in [5.41, 5.74) is 4.28. The van der Waals surface area contributed by atoms with Crippen molar-refractivity contribution in [3.8, 4) is 16.3 Å². The van der Waals surface area contributed by atoms with Crippen molar-refractivity contribution in [2.45, 2.75) is 38.4 Å². The summed E-state index contributed by atoms with van der Waals surface area (Å²) in [4.78, 5) is 20.4. The van der Waals surface area contributed by atoms with Crippen LogP contribution in [0, 0.1) is 0 Å². The van der Waals surface area contributed by atoms with E-state index >= 15 is 0 Å². The van der Waals surface area contributed by atoms with Gasteiger partial charge in [-0.1, -0.05) is 42.5 Å². The molecule has 0 radical (unpaired) electrons. The predicted molar refractivity (Wildman–Crippen MR) is 149 cm³/mol. The maximum Gasteiger partial charge on any atom is 0.317 e. The summed E-state index contributed by atoms with van der Waals surface area (Å²) in [7, 11) is 0. The number of carboxylic acid groups (broad SMARTS) is 1. The van der Waals surface area contributed by atoms with Crippen LogP contribution in [-0.4, -0.2) is 75.8 Å². The average Bonchev–Trinajstić information content (AvgIpc) is 3.34. The second-order valence-electron chi connectivity index (χ2n) is 9.72. The lowest BCUT2D eigenvalue weighted by atomic mass is 9.93. The van der Waals surface area contributed by atoms with Gasteiger partial charge in [-0.15, -0.1) is 17.9 Å². The topological polar surface area (TPSA) is 88.9 Å². The SMILES string of the molecule is C=CCN1CC(C)N(C(c2ccc(-c3nc(CCNCC(=O)O)cs3)cc2)c2cccc(O)c2)CC1C. The van der Waals surface area contributed by atoms with Crippen LogP contribution in [-0.2, 0) is 11.2 Å². The number of phenolic OH excluding ortho intramolecular Hbond substituents is 1. The Morgan fingerprint density at radius 1 is 1.19 bits per heavy atom. The number of thiazole rings is 1. The van der Waals surface area contributed by atoms with Gasteiger partial charge < -0.3 is 15.5 Å². The Kier molecular flexibility index (Phi) is 9.10. The molecule has 3 unspecified atom stereocenters. The largest absolute Gasteiger partial charge is 0.508 e. The Morgan fingerprint density at radius 2 is 1.97 bits per heavy atom. The first-order valence-electron chi connectivity index (χ1n) is 12.7. The van der Waals surface area contributed by atoms with Gasteiger partial charge in [-0.05, 0) is 37.1 Å². The van der Waals surface area contributed by atoms with Gasteiger partial charge in [0, 0.05) is 55.6 Å². The average molecular weight is 521 g/mol. The third-order valence-corrected chi connectivity index (χ3v) is 7.84. The molecular formula is C29H36N4O3S. The second-order valence-corrected chi connectivity index (χ2v) is 10.6. The maximum atomic E-state index is 10.7. The smallest absolute Gasteiger partial charge is 0.317 e. The lowest BCUT2D eigenvalue weighted by molar-refractivity contribution is -0.135. The van der Waals surface area contributed by atoms with E-state index in [0.717, 1.165) is 41.5 Å². The highest BCUT2D eigenvalue weighted by atomic mass is 32.1. The lowest BCUT2D eigenvalue weighted by Gasteiger charge is -2.47. The number of nitrogens with zero attached hydrogens (tertiary/aromatic N) is 3. The van der Waals surface area contributed by atoms with Gasteiger partial charge in [0.15, 0.2) is 0 Å². The van der Waals surface area contributed by atoms with Gasteiger partial charge in [0.25, 0.3) is 0 Å². The number of carboxylic acids is 1. The van der Waals surface area contributed by atoms with Crippen molar-refractivity contribution in [3.05, 3.63) is 83.4 Å². The van der Waals surface area contributed by atoms with Crippen LogP contribution in [0.3, 0.4) is 0 Å². The van der Waals surface area contributed by atoms with E-state index in [9.17, 15) is 9.90 Å². The van der Waals surface area contributed by atoms with Crippen LogP contribution >= 0.6 is 11.3 Å². The Morgan fingerprint density at radius 3 is 2.68 bits per heavy atom. The van der Waals surface area contributed by atoms with Crippen LogP contribution in [0.25, 0.3) is 10.6 Å². The summed E-state index contributed by atoms with van der Waals surface area (Å²) >= 11 is 1.60. The van der Waals surface area contributed by atoms with E-state index in [4.69, 9.17) is 10.1 Å². The fourth-order valence-corrected chi connectivity index (χ4v) is 5.91. The van der Waals surface area contributed by atoms with E-state index in [1.807, 2.05) is 23.6 Å². The highest BCUT2D eigenvalue weighted by Gasteiger charge is 2.34. The predicted octanol–water partition coefficient (Wildman–Crippen LogP) is 4.40. The first kappa shape index (κ1) is 27.0. The standard InChI is InChI=1S/C29H36N4O3S/c1-4-14-32-17-21(3)33(18-20(32)2)28(24-6-5-7-26(34)15-24)22-8-10-23(11-9-22)29-31-25(19-37-29)12-13-30-16-27(35)36/h4-11,15,19-21,28,30,34H,1,12-14,16-18H2,2-3H3,(H,35,36). The van der Waals surface area contributed by atoms with E-state index in [1.54, 1.807) is 17.4 Å². The molecule has 8 heteroatoms. The molecule has 196 valence electrons. The molecule has 1 aliphatic heterocycles. The van der Waals surface area contributed by atoms with Crippen molar-refractivity contribution in [3.63, 3.8) is 0 Å². The fraction of sp³-hybridized carbons (Fsp3) is 0.379. The molecule has 1 aliphatic rings. The zero-order chi connectivity index (χ0) is 26.4. The van der Waals surface area contributed by atoms with Crippen LogP contribution in [0.4, 0.5) is 0 Å². The van der Waals surface area contributed by atoms with Crippen LogP contribution in [0.15, 0.2) is 66.6 Å². The zero-order valence-corrected chi connectivity index (χ0v) is 22.3. The molecule has 1 fully saturated rings. The number of piperazine rings is 1. The molecule has 0 saturated carbocycles. The summed E-state index contributed by atoms with van der Waals surface area (Å²) in [5, 5.41) is 24.9. The summed E-state index contributed by atoms with van der Waals surface area (Å²) < 4.78 is 0. The quantitative estimate of drug-likeness (QED) is 0.255.